The van der Waals surface area contributed by atoms with Gasteiger partial charge in [-0.1, -0.05) is 24.4 Å². The number of alkyl halides is 6. The Morgan fingerprint density at radius 2 is 1.58 bits per heavy atom. The quantitative estimate of drug-likeness (QED) is 0.272. The number of hydrogen-bond donors (Lipinski definition) is 1. The smallest absolute Gasteiger partial charge is 0.490 e. The van der Waals surface area contributed by atoms with E-state index in [4.69, 9.17) is 17.0 Å². The summed E-state index contributed by atoms with van der Waals surface area (Å²) in [6.45, 7) is 0. The monoisotopic (exact) mass is 536 g/mol. The third-order valence-corrected chi connectivity index (χ3v) is 5.86. The lowest BCUT2D eigenvalue weighted by Crippen LogP contribution is -2.25. The van der Waals surface area contributed by atoms with E-state index in [0.717, 1.165) is 25.0 Å². The fourth-order valence-corrected chi connectivity index (χ4v) is 4.49. The lowest BCUT2D eigenvalue weighted by atomic mass is 9.84. The minimum Gasteiger partial charge on any atom is -0.490 e. The first-order chi connectivity index (χ1) is 16.8. The largest absolute Gasteiger partial charge is 0.573 e. The highest BCUT2D eigenvalue weighted by atomic mass is 32.1. The molecule has 1 saturated carbocycles. The van der Waals surface area contributed by atoms with Crippen LogP contribution in [0.15, 0.2) is 42.5 Å². The lowest BCUT2D eigenvalue weighted by Gasteiger charge is -2.29. The van der Waals surface area contributed by atoms with Gasteiger partial charge in [0.05, 0.1) is 6.10 Å². The molecule has 1 fully saturated rings. The van der Waals surface area contributed by atoms with Gasteiger partial charge in [0.2, 0.25) is 0 Å². The van der Waals surface area contributed by atoms with Crippen molar-refractivity contribution in [3.63, 3.8) is 0 Å². The maximum atomic E-state index is 12.5. The van der Waals surface area contributed by atoms with Crippen LogP contribution >= 0.6 is 12.2 Å². The fraction of sp³-hybridized carbons (Fsp3) is 0.417. The molecule has 0 aromatic heterocycles. The van der Waals surface area contributed by atoms with E-state index in [1.165, 1.54) is 24.3 Å². The molecule has 5 nitrogen and oxygen atoms in total. The Labute approximate surface area is 208 Å². The number of hydrogen-bond acceptors (Lipinski definition) is 5. The van der Waals surface area contributed by atoms with Gasteiger partial charge in [0, 0.05) is 6.42 Å². The molecule has 0 spiro atoms. The summed E-state index contributed by atoms with van der Waals surface area (Å²) in [5, 5.41) is 9.21. The SMILES string of the molecule is O=C(O)c1cc(OC2CCC(CC(=S)Cc3cccc(OC(F)(F)F)c3)CC2)ccc1OC(F)(F)F. The van der Waals surface area contributed by atoms with Crippen molar-refractivity contribution in [2.24, 2.45) is 5.92 Å². The van der Waals surface area contributed by atoms with Crippen LogP contribution in [0.5, 0.6) is 17.2 Å². The zero-order valence-electron chi connectivity index (χ0n) is 18.7. The molecule has 0 unspecified atom stereocenters. The van der Waals surface area contributed by atoms with Gasteiger partial charge in [0.15, 0.2) is 0 Å². The van der Waals surface area contributed by atoms with E-state index in [1.54, 1.807) is 6.07 Å². The Bertz CT molecular complexity index is 1080. The van der Waals surface area contributed by atoms with E-state index in [9.17, 15) is 36.2 Å². The minimum atomic E-state index is -5.02. The first kappa shape index (κ1) is 27.6. The standard InChI is InChI=1S/C24H22F6O5S/c25-23(26,27)34-18-3-1-2-15(10-18)12-19(36)11-14-4-6-16(7-5-14)33-17-8-9-21(35-24(28,29)30)20(13-17)22(31)32/h1-3,8-10,13-14,16H,4-7,11-12H2,(H,31,32). The van der Waals surface area contributed by atoms with Crippen molar-refractivity contribution in [1.29, 1.82) is 0 Å². The normalized spacial score (nSPS) is 18.4. The van der Waals surface area contributed by atoms with Crippen molar-refractivity contribution in [2.75, 3.05) is 0 Å². The van der Waals surface area contributed by atoms with Crippen molar-refractivity contribution in [3.8, 4) is 17.2 Å². The predicted octanol–water partition coefficient (Wildman–Crippen LogP) is 7.12. The molecule has 1 N–H and O–H groups in total. The molecule has 0 heterocycles. The molecule has 196 valence electrons. The van der Waals surface area contributed by atoms with E-state index in [-0.39, 0.29) is 23.5 Å². The maximum Gasteiger partial charge on any atom is 0.573 e. The molecule has 0 bridgehead atoms. The topological polar surface area (TPSA) is 65.0 Å². The van der Waals surface area contributed by atoms with Crippen molar-refractivity contribution >= 4 is 23.1 Å². The molecule has 0 radical (unpaired) electrons. The molecular weight excluding hydrogens is 514 g/mol. The first-order valence-corrected chi connectivity index (χ1v) is 11.3. The van der Waals surface area contributed by atoms with Crippen LogP contribution in [0.1, 0.15) is 48.0 Å². The van der Waals surface area contributed by atoms with Gasteiger partial charge in [-0.3, -0.25) is 0 Å². The number of ether oxygens (including phenoxy) is 3. The first-order valence-electron chi connectivity index (χ1n) is 10.9. The van der Waals surface area contributed by atoms with Gasteiger partial charge in [0.25, 0.3) is 0 Å². The number of carboxylic acid groups (broad SMARTS) is 1. The highest BCUT2D eigenvalue weighted by Crippen LogP contribution is 2.34. The summed E-state index contributed by atoms with van der Waals surface area (Å²) >= 11 is 5.45. The Morgan fingerprint density at radius 3 is 2.19 bits per heavy atom. The van der Waals surface area contributed by atoms with Crippen LogP contribution in [0.4, 0.5) is 26.3 Å². The third kappa shape index (κ3) is 8.89. The molecule has 2 aromatic carbocycles. The van der Waals surface area contributed by atoms with Crippen LogP contribution in [-0.4, -0.2) is 34.8 Å². The van der Waals surface area contributed by atoms with E-state index >= 15 is 0 Å². The number of thiocarbonyl (C=S) groups is 1. The fourth-order valence-electron chi connectivity index (χ4n) is 4.08. The van der Waals surface area contributed by atoms with Crippen molar-refractivity contribution in [3.05, 3.63) is 53.6 Å². The summed E-state index contributed by atoms with van der Waals surface area (Å²) in [6.07, 6.45) is -6.33. The Balaban J connectivity index is 1.50. The zero-order valence-corrected chi connectivity index (χ0v) is 19.5. The van der Waals surface area contributed by atoms with Crippen molar-refractivity contribution in [1.82, 2.24) is 0 Å². The predicted molar refractivity (Wildman–Crippen MR) is 121 cm³/mol. The van der Waals surface area contributed by atoms with E-state index < -0.39 is 30.0 Å². The van der Waals surface area contributed by atoms with Crippen LogP contribution in [-0.2, 0) is 6.42 Å². The van der Waals surface area contributed by atoms with Gasteiger partial charge in [-0.2, -0.15) is 0 Å². The molecule has 0 saturated heterocycles. The number of benzene rings is 2. The summed E-state index contributed by atoms with van der Waals surface area (Å²) in [7, 11) is 0. The van der Waals surface area contributed by atoms with Gasteiger partial charge in [-0.05, 0) is 78.8 Å². The van der Waals surface area contributed by atoms with Gasteiger partial charge in [-0.25, -0.2) is 4.79 Å². The Kier molecular flexibility index (Phi) is 8.70. The van der Waals surface area contributed by atoms with Crippen LogP contribution in [0.25, 0.3) is 0 Å². The number of rotatable bonds is 9. The Hall–Kier alpha value is -3.02. The third-order valence-electron chi connectivity index (χ3n) is 5.55. The van der Waals surface area contributed by atoms with Crippen molar-refractivity contribution in [2.45, 2.75) is 57.4 Å². The summed E-state index contributed by atoms with van der Waals surface area (Å²) in [5.41, 5.74) is -0.0421. The zero-order chi connectivity index (χ0) is 26.5. The van der Waals surface area contributed by atoms with Gasteiger partial charge in [0.1, 0.15) is 22.8 Å². The lowest BCUT2D eigenvalue weighted by molar-refractivity contribution is -0.275. The molecule has 1 aliphatic carbocycles. The summed E-state index contributed by atoms with van der Waals surface area (Å²) in [6, 6.07) is 8.81. The summed E-state index contributed by atoms with van der Waals surface area (Å²) < 4.78 is 88.2. The second-order valence-electron chi connectivity index (χ2n) is 8.39. The molecule has 0 aliphatic heterocycles. The summed E-state index contributed by atoms with van der Waals surface area (Å²) in [4.78, 5) is 12.0. The van der Waals surface area contributed by atoms with Crippen molar-refractivity contribution < 1.29 is 50.5 Å². The average molecular weight is 536 g/mol. The Morgan fingerprint density at radius 1 is 0.917 bits per heavy atom. The molecule has 0 atom stereocenters. The maximum absolute atomic E-state index is 12.5. The summed E-state index contributed by atoms with van der Waals surface area (Å²) in [5.74, 6) is -2.32. The average Bonchev–Trinajstić information content (AvgIpc) is 2.74. The second-order valence-corrected chi connectivity index (χ2v) is 8.96. The molecular formula is C24H22F6O5S. The van der Waals surface area contributed by atoms with Crippen LogP contribution < -0.4 is 14.2 Å². The molecule has 36 heavy (non-hydrogen) atoms. The minimum absolute atomic E-state index is 0.127. The van der Waals surface area contributed by atoms with E-state index in [0.29, 0.717) is 36.1 Å². The number of halogens is 6. The van der Waals surface area contributed by atoms with Crippen LogP contribution in [0.3, 0.4) is 0 Å². The molecule has 2 aromatic rings. The second kappa shape index (κ2) is 11.4. The molecule has 12 heteroatoms. The highest BCUT2D eigenvalue weighted by Gasteiger charge is 2.33. The molecule has 1 aliphatic rings. The van der Waals surface area contributed by atoms with E-state index in [1.807, 2.05) is 0 Å². The number of aromatic carboxylic acids is 1. The number of carbonyl (C=O) groups is 1. The van der Waals surface area contributed by atoms with Gasteiger partial charge < -0.3 is 19.3 Å². The highest BCUT2D eigenvalue weighted by molar-refractivity contribution is 7.80. The number of carboxylic acids is 1. The molecule has 0 amide bonds. The van der Waals surface area contributed by atoms with Gasteiger partial charge in [-0.15, -0.1) is 26.3 Å². The van der Waals surface area contributed by atoms with Gasteiger partial charge >= 0.3 is 18.7 Å². The van der Waals surface area contributed by atoms with Crippen LogP contribution in [0, 0.1) is 5.92 Å². The van der Waals surface area contributed by atoms with Crippen LogP contribution in [0.2, 0.25) is 0 Å². The van der Waals surface area contributed by atoms with E-state index in [2.05, 4.69) is 9.47 Å². The molecule has 3 rings (SSSR count).